The van der Waals surface area contributed by atoms with Crippen molar-refractivity contribution < 1.29 is 19.2 Å². The third kappa shape index (κ3) is 7.22. The zero-order valence-electron chi connectivity index (χ0n) is 18.4. The Hall–Kier alpha value is -2.56. The fraction of sp³-hybridized carbons (Fsp3) is 0.217. The molecule has 0 radical (unpaired) electrons. The first-order valence-corrected chi connectivity index (χ1v) is 12.9. The Morgan fingerprint density at radius 3 is 2.34 bits per heavy atom. The number of rotatable bonds is 10. The van der Waals surface area contributed by atoms with Crippen LogP contribution in [-0.4, -0.2) is 43.3 Å². The molecule has 2 heterocycles. The van der Waals surface area contributed by atoms with Gasteiger partial charge in [-0.1, -0.05) is 53.9 Å². The molecule has 2 atom stereocenters. The third-order valence-corrected chi connectivity index (χ3v) is 7.40. The summed E-state index contributed by atoms with van der Waals surface area (Å²) in [4.78, 5) is 32.7. The number of halogens is 3. The number of amides is 1. The Labute approximate surface area is 220 Å². The molecule has 0 aliphatic carbocycles. The van der Waals surface area contributed by atoms with Gasteiger partial charge in [0.15, 0.2) is 4.90 Å². The smallest absolute Gasteiger partial charge is 0.326 e. The van der Waals surface area contributed by atoms with E-state index in [9.17, 15) is 19.2 Å². The van der Waals surface area contributed by atoms with Gasteiger partial charge in [-0.05, 0) is 35.3 Å². The normalized spacial score (nSPS) is 12.6. The molecular weight excluding hydrogens is 535 g/mol. The molecule has 12 heteroatoms. The summed E-state index contributed by atoms with van der Waals surface area (Å²) >= 11 is 16.8. The summed E-state index contributed by atoms with van der Waals surface area (Å²) in [7, 11) is 0. The largest absolute Gasteiger partial charge is 0.611 e. The van der Waals surface area contributed by atoms with Crippen LogP contribution in [0, 0.1) is 0 Å². The molecule has 0 fully saturated rings. The van der Waals surface area contributed by atoms with Crippen LogP contribution in [0.4, 0.5) is 11.5 Å². The molecule has 1 aromatic carbocycles. The summed E-state index contributed by atoms with van der Waals surface area (Å²) in [5, 5.41) is 15.8. The van der Waals surface area contributed by atoms with Gasteiger partial charge in [-0.2, -0.15) is 0 Å². The van der Waals surface area contributed by atoms with Crippen molar-refractivity contribution in [2.45, 2.75) is 30.7 Å². The molecular formula is C23H21Cl3N4O4S. The topological polar surface area (TPSA) is 127 Å². The van der Waals surface area contributed by atoms with Crippen LogP contribution in [0.1, 0.15) is 29.3 Å². The number of aromatic nitrogens is 2. The lowest BCUT2D eigenvalue weighted by molar-refractivity contribution is -0.137. The number of anilines is 2. The van der Waals surface area contributed by atoms with Gasteiger partial charge in [0.25, 0.3) is 5.91 Å². The Morgan fingerprint density at radius 1 is 1.09 bits per heavy atom. The molecule has 3 aromatic rings. The molecule has 0 saturated carbocycles. The van der Waals surface area contributed by atoms with Gasteiger partial charge in [0.05, 0.1) is 21.8 Å². The van der Waals surface area contributed by atoms with Crippen LogP contribution < -0.4 is 10.6 Å². The van der Waals surface area contributed by atoms with Crippen molar-refractivity contribution >= 4 is 69.4 Å². The molecule has 0 bridgehead atoms. The number of carboxylic acid groups (broad SMARTS) is 1. The maximum Gasteiger partial charge on any atom is 0.326 e. The number of carboxylic acids is 1. The van der Waals surface area contributed by atoms with Gasteiger partial charge in [-0.3, -0.25) is 9.78 Å². The molecule has 0 saturated heterocycles. The number of nitrogens with zero attached hydrogens (tertiary/aromatic N) is 2. The predicted octanol–water partition coefficient (Wildman–Crippen LogP) is 5.31. The fourth-order valence-corrected chi connectivity index (χ4v) is 5.13. The van der Waals surface area contributed by atoms with Crippen LogP contribution in [0.5, 0.6) is 0 Å². The third-order valence-electron chi connectivity index (χ3n) is 4.81. The minimum Gasteiger partial charge on any atom is -0.611 e. The van der Waals surface area contributed by atoms with E-state index in [0.717, 1.165) is 0 Å². The van der Waals surface area contributed by atoms with E-state index in [1.165, 1.54) is 24.7 Å². The summed E-state index contributed by atoms with van der Waals surface area (Å²) in [5.74, 6) is -0.882. The summed E-state index contributed by atoms with van der Waals surface area (Å²) in [5.41, 5.74) is 1.29. The van der Waals surface area contributed by atoms with Gasteiger partial charge in [-0.25, -0.2) is 9.78 Å². The molecule has 35 heavy (non-hydrogen) atoms. The molecule has 0 spiro atoms. The van der Waals surface area contributed by atoms with Crippen molar-refractivity contribution in [1.82, 2.24) is 9.97 Å². The highest BCUT2D eigenvalue weighted by Crippen LogP contribution is 2.26. The maximum atomic E-state index is 12.5. The van der Waals surface area contributed by atoms with Crippen LogP contribution in [0.15, 0.2) is 53.8 Å². The summed E-state index contributed by atoms with van der Waals surface area (Å²) < 4.78 is 12.4. The zero-order valence-corrected chi connectivity index (χ0v) is 21.5. The second-order valence-electron chi connectivity index (χ2n) is 7.42. The molecule has 3 rings (SSSR count). The summed E-state index contributed by atoms with van der Waals surface area (Å²) in [6.45, 7) is 1.91. The van der Waals surface area contributed by atoms with Crippen molar-refractivity contribution in [2.24, 2.45) is 0 Å². The molecule has 0 aliphatic heterocycles. The van der Waals surface area contributed by atoms with Crippen molar-refractivity contribution in [1.29, 1.82) is 0 Å². The van der Waals surface area contributed by atoms with Crippen LogP contribution in [0.2, 0.25) is 15.1 Å². The van der Waals surface area contributed by atoms with Gasteiger partial charge >= 0.3 is 5.97 Å². The van der Waals surface area contributed by atoms with E-state index >= 15 is 0 Å². The highest BCUT2D eigenvalue weighted by atomic mass is 35.5. The number of hydrogen-bond donors (Lipinski definition) is 3. The second kappa shape index (κ2) is 12.4. The Morgan fingerprint density at radius 2 is 1.74 bits per heavy atom. The number of nitrogens with one attached hydrogen (secondary N) is 2. The molecule has 0 aliphatic rings. The standard InChI is InChI=1S/C23H21Cl3N4O4S/c1-2-7-35(34)19-9-20(28-12-15(19)24)30-18(23(32)33)8-13-3-5-14(6-4-13)29-22(31)21-16(25)10-27-11-17(21)26/h3-6,9-12,18H,2,7-8H2,1H3,(H,28,30)(H,29,31)(H,32,33). The lowest BCUT2D eigenvalue weighted by Crippen LogP contribution is -2.32. The monoisotopic (exact) mass is 554 g/mol. The summed E-state index contributed by atoms with van der Waals surface area (Å²) in [6.07, 6.45) is 4.84. The Bertz CT molecular complexity index is 1190. The van der Waals surface area contributed by atoms with Crippen LogP contribution in [0.3, 0.4) is 0 Å². The number of aliphatic carboxylic acids is 1. The average molecular weight is 556 g/mol. The number of hydrogen-bond acceptors (Lipinski definition) is 6. The van der Waals surface area contributed by atoms with Gasteiger partial charge < -0.3 is 20.3 Å². The van der Waals surface area contributed by atoms with Crippen LogP contribution in [-0.2, 0) is 22.4 Å². The van der Waals surface area contributed by atoms with E-state index in [0.29, 0.717) is 28.3 Å². The van der Waals surface area contributed by atoms with Crippen molar-refractivity contribution in [3.63, 3.8) is 0 Å². The highest BCUT2D eigenvalue weighted by Gasteiger charge is 2.22. The number of benzene rings is 1. The molecule has 2 unspecified atom stereocenters. The lowest BCUT2D eigenvalue weighted by Gasteiger charge is -2.17. The molecule has 1 amide bonds. The predicted molar refractivity (Wildman–Crippen MR) is 138 cm³/mol. The lowest BCUT2D eigenvalue weighted by atomic mass is 10.1. The van der Waals surface area contributed by atoms with Gasteiger partial charge in [0.2, 0.25) is 0 Å². The zero-order chi connectivity index (χ0) is 25.5. The molecule has 2 aromatic heterocycles. The Kier molecular flexibility index (Phi) is 9.59. The van der Waals surface area contributed by atoms with Gasteiger partial charge in [0.1, 0.15) is 22.6 Å². The number of carbonyl (C=O) groups is 2. The molecule has 184 valence electrons. The van der Waals surface area contributed by atoms with E-state index in [4.69, 9.17) is 34.8 Å². The van der Waals surface area contributed by atoms with E-state index in [-0.39, 0.29) is 32.9 Å². The minimum atomic E-state index is -1.31. The highest BCUT2D eigenvalue weighted by molar-refractivity contribution is 7.91. The van der Waals surface area contributed by atoms with Crippen molar-refractivity contribution in [2.75, 3.05) is 16.4 Å². The van der Waals surface area contributed by atoms with Crippen molar-refractivity contribution in [3.05, 3.63) is 75.1 Å². The first kappa shape index (κ1) is 27.0. The van der Waals surface area contributed by atoms with E-state index < -0.39 is 29.1 Å². The second-order valence-corrected chi connectivity index (χ2v) is 10.2. The fourth-order valence-electron chi connectivity index (χ4n) is 3.13. The number of carbonyl (C=O) groups excluding carboxylic acids is 1. The first-order chi connectivity index (χ1) is 16.7. The quantitative estimate of drug-likeness (QED) is 0.289. The van der Waals surface area contributed by atoms with Crippen LogP contribution >= 0.6 is 34.8 Å². The minimum absolute atomic E-state index is 0.109. The average Bonchev–Trinajstić information content (AvgIpc) is 2.81. The summed E-state index contributed by atoms with van der Waals surface area (Å²) in [6, 6.07) is 7.17. The maximum absolute atomic E-state index is 12.5. The van der Waals surface area contributed by atoms with Crippen LogP contribution in [0.25, 0.3) is 0 Å². The van der Waals surface area contributed by atoms with Crippen molar-refractivity contribution in [3.8, 4) is 0 Å². The molecule has 8 nitrogen and oxygen atoms in total. The Balaban J connectivity index is 1.70. The van der Waals surface area contributed by atoms with E-state index in [1.807, 2.05) is 6.92 Å². The number of pyridine rings is 2. The SMILES string of the molecule is CCC[S+]([O-])c1cc(NC(Cc2ccc(NC(=O)c3c(Cl)cncc3Cl)cc2)C(=O)O)ncc1Cl. The van der Waals surface area contributed by atoms with E-state index in [2.05, 4.69) is 20.6 Å². The van der Waals surface area contributed by atoms with E-state index in [1.54, 1.807) is 24.3 Å². The first-order valence-electron chi connectivity index (χ1n) is 10.4. The molecule has 3 N–H and O–H groups in total. The van der Waals surface area contributed by atoms with Gasteiger partial charge in [-0.15, -0.1) is 0 Å². The van der Waals surface area contributed by atoms with Gasteiger partial charge in [0, 0.05) is 30.6 Å².